The Kier molecular flexibility index (Phi) is 14.4. The maximum atomic E-state index is 11.0. The highest BCUT2D eigenvalue weighted by molar-refractivity contribution is 5.81. The van der Waals surface area contributed by atoms with Gasteiger partial charge in [-0.2, -0.15) is 0 Å². The molecule has 3 rings (SSSR count). The Morgan fingerprint density at radius 2 is 1.02 bits per heavy atom. The Morgan fingerprint density at radius 3 is 1.52 bits per heavy atom. The van der Waals surface area contributed by atoms with Gasteiger partial charge in [0.05, 0.1) is 26.1 Å². The number of carbonyl (C=O) groups is 2. The van der Waals surface area contributed by atoms with Gasteiger partial charge in [0.25, 0.3) is 0 Å². The lowest BCUT2D eigenvalue weighted by atomic mass is 10.0. The summed E-state index contributed by atoms with van der Waals surface area (Å²) in [6.07, 6.45) is 7.80. The van der Waals surface area contributed by atoms with Crippen LogP contribution in [0.5, 0.6) is 11.5 Å². The molecule has 0 aliphatic heterocycles. The zero-order valence-electron chi connectivity index (χ0n) is 22.8. The Hall–Kier alpha value is -4.84. The minimum Gasteiger partial charge on any atom is -0.494 e. The van der Waals surface area contributed by atoms with E-state index in [2.05, 4.69) is 50.6 Å². The van der Waals surface area contributed by atoms with Crippen molar-refractivity contribution in [1.29, 1.82) is 0 Å². The van der Waals surface area contributed by atoms with Gasteiger partial charge in [0.2, 0.25) is 0 Å². The highest BCUT2D eigenvalue weighted by Gasteiger charge is 2.03. The van der Waals surface area contributed by atoms with Gasteiger partial charge < -0.3 is 18.9 Å². The predicted molar refractivity (Wildman–Crippen MR) is 160 cm³/mol. The van der Waals surface area contributed by atoms with E-state index in [1.807, 2.05) is 48.5 Å². The van der Waals surface area contributed by atoms with Gasteiger partial charge in [-0.15, -0.1) is 13.2 Å². The van der Waals surface area contributed by atoms with Crippen molar-refractivity contribution < 1.29 is 28.5 Å². The second-order valence-electron chi connectivity index (χ2n) is 8.20. The molecule has 3 aromatic carbocycles. The quantitative estimate of drug-likeness (QED) is 0.0646. The lowest BCUT2D eigenvalue weighted by molar-refractivity contribution is -0.138. The van der Waals surface area contributed by atoms with Gasteiger partial charge in [0, 0.05) is 18.6 Å². The maximum absolute atomic E-state index is 11.0. The summed E-state index contributed by atoms with van der Waals surface area (Å²) in [6, 6.07) is 24.3. The summed E-state index contributed by atoms with van der Waals surface area (Å²) in [5.74, 6) is 0.704. The van der Waals surface area contributed by atoms with Crippen LogP contribution in [-0.4, -0.2) is 31.8 Å². The molecule has 0 radical (unpaired) electrons. The maximum Gasteiger partial charge on any atom is 0.330 e. The summed E-state index contributed by atoms with van der Waals surface area (Å²) >= 11 is 0. The fourth-order valence-corrected chi connectivity index (χ4v) is 3.43. The largest absolute Gasteiger partial charge is 0.494 e. The fourth-order valence-electron chi connectivity index (χ4n) is 3.43. The third kappa shape index (κ3) is 11.3. The Balaban J connectivity index is 0.00000274. The smallest absolute Gasteiger partial charge is 0.330 e. The second-order valence-corrected chi connectivity index (χ2v) is 8.20. The number of carbonyl (C=O) groups excluding carboxylic acids is 2. The molecule has 0 amide bonds. The molecule has 0 saturated carbocycles. The third-order valence-corrected chi connectivity index (χ3v) is 5.47. The molecule has 0 aliphatic rings. The first-order valence-electron chi connectivity index (χ1n) is 12.9. The molecule has 0 heterocycles. The average molecular weight is 541 g/mol. The van der Waals surface area contributed by atoms with Crippen LogP contribution in [0.2, 0.25) is 0 Å². The van der Waals surface area contributed by atoms with Crippen LogP contribution in [0.1, 0.15) is 19.3 Å². The molecule has 0 aliphatic carbocycles. The Bertz CT molecular complexity index is 1220. The SMILES string of the molecule is C=C.C=CC(=O)OCC/C=C/Oc1ccc(-c2ccc(-c3ccc(OCCCCOC(=O)C=C)cc3)cc2)cc1. The highest BCUT2D eigenvalue weighted by atomic mass is 16.5. The predicted octanol–water partition coefficient (Wildman–Crippen LogP) is 7.72. The van der Waals surface area contributed by atoms with E-state index in [4.69, 9.17) is 18.9 Å². The topological polar surface area (TPSA) is 71.1 Å². The number of benzene rings is 3. The van der Waals surface area contributed by atoms with Crippen molar-refractivity contribution in [1.82, 2.24) is 0 Å². The molecule has 208 valence electrons. The molecule has 0 fully saturated rings. The van der Waals surface area contributed by atoms with Crippen LogP contribution in [-0.2, 0) is 19.1 Å². The van der Waals surface area contributed by atoms with Crippen molar-refractivity contribution in [3.63, 3.8) is 0 Å². The first kappa shape index (κ1) is 31.4. The highest BCUT2D eigenvalue weighted by Crippen LogP contribution is 2.27. The summed E-state index contributed by atoms with van der Waals surface area (Å²) in [4.78, 5) is 22.0. The van der Waals surface area contributed by atoms with E-state index in [1.165, 1.54) is 0 Å². The molecular weight excluding hydrogens is 504 g/mol. The molecule has 0 N–H and O–H groups in total. The van der Waals surface area contributed by atoms with Gasteiger partial charge in [-0.05, 0) is 65.4 Å². The number of esters is 2. The molecule has 0 bridgehead atoms. The molecule has 6 heteroatoms. The van der Waals surface area contributed by atoms with Crippen molar-refractivity contribution in [3.8, 4) is 33.8 Å². The molecule has 0 spiro atoms. The molecule has 0 unspecified atom stereocenters. The van der Waals surface area contributed by atoms with E-state index in [0.29, 0.717) is 19.6 Å². The van der Waals surface area contributed by atoms with Crippen LogP contribution >= 0.6 is 0 Å². The van der Waals surface area contributed by atoms with Gasteiger partial charge in [-0.3, -0.25) is 0 Å². The summed E-state index contributed by atoms with van der Waals surface area (Å²) in [7, 11) is 0. The van der Waals surface area contributed by atoms with Crippen LogP contribution in [0.15, 0.2) is 124 Å². The van der Waals surface area contributed by atoms with E-state index < -0.39 is 11.9 Å². The second kappa shape index (κ2) is 18.4. The van der Waals surface area contributed by atoms with Gasteiger partial charge in [-0.25, -0.2) is 9.59 Å². The summed E-state index contributed by atoms with van der Waals surface area (Å²) in [5, 5.41) is 0. The fraction of sp³-hybridized carbons (Fsp3) is 0.176. The van der Waals surface area contributed by atoms with E-state index >= 15 is 0 Å². The van der Waals surface area contributed by atoms with E-state index in [1.54, 1.807) is 12.3 Å². The zero-order valence-corrected chi connectivity index (χ0v) is 22.8. The Labute approximate surface area is 236 Å². The van der Waals surface area contributed by atoms with Gasteiger partial charge in [0.15, 0.2) is 0 Å². The molecule has 0 saturated heterocycles. The zero-order chi connectivity index (χ0) is 29.0. The average Bonchev–Trinajstić information content (AvgIpc) is 3.02. The molecule has 40 heavy (non-hydrogen) atoms. The normalized spacial score (nSPS) is 10.1. The van der Waals surface area contributed by atoms with Gasteiger partial charge >= 0.3 is 11.9 Å². The standard InChI is InChI=1S/C32H32O6.C2H4/c1-3-31(33)37-23-7-5-21-35-29-17-13-27(14-18-29)25-9-11-26(12-10-25)28-15-19-30(20-16-28)36-22-6-8-24-38-32(34)4-2;1-2/h3-5,9-21H,1-2,6-8,22-24H2;1-2H2/b21-5+;. The van der Waals surface area contributed by atoms with Gasteiger partial charge in [0.1, 0.15) is 11.5 Å². The van der Waals surface area contributed by atoms with Crippen molar-refractivity contribution >= 4 is 11.9 Å². The summed E-state index contributed by atoms with van der Waals surface area (Å²) in [5.41, 5.74) is 4.43. The number of unbranched alkanes of at least 4 members (excludes halogenated alkanes) is 1. The van der Waals surface area contributed by atoms with Crippen molar-refractivity contribution in [3.05, 3.63) is 124 Å². The number of rotatable bonds is 15. The number of ether oxygens (including phenoxy) is 4. The minimum atomic E-state index is -0.430. The van der Waals surface area contributed by atoms with Crippen molar-refractivity contribution in [2.75, 3.05) is 19.8 Å². The summed E-state index contributed by atoms with van der Waals surface area (Å²) in [6.45, 7) is 13.9. The number of hydrogen-bond donors (Lipinski definition) is 0. The van der Waals surface area contributed by atoms with Crippen LogP contribution < -0.4 is 9.47 Å². The van der Waals surface area contributed by atoms with Gasteiger partial charge in [-0.1, -0.05) is 61.7 Å². The lowest BCUT2D eigenvalue weighted by Crippen LogP contribution is -2.04. The Morgan fingerprint density at radius 1 is 0.600 bits per heavy atom. The van der Waals surface area contributed by atoms with Crippen LogP contribution in [0.25, 0.3) is 22.3 Å². The molecule has 0 atom stereocenters. The molecule has 3 aromatic rings. The first-order chi connectivity index (χ1) is 19.6. The monoisotopic (exact) mass is 540 g/mol. The lowest BCUT2D eigenvalue weighted by Gasteiger charge is -2.09. The minimum absolute atomic E-state index is 0.287. The molecule has 6 nitrogen and oxygen atoms in total. The van der Waals surface area contributed by atoms with Crippen LogP contribution in [0.3, 0.4) is 0 Å². The van der Waals surface area contributed by atoms with Crippen molar-refractivity contribution in [2.24, 2.45) is 0 Å². The van der Waals surface area contributed by atoms with E-state index in [-0.39, 0.29) is 6.61 Å². The van der Waals surface area contributed by atoms with E-state index in [9.17, 15) is 9.59 Å². The summed E-state index contributed by atoms with van der Waals surface area (Å²) < 4.78 is 21.2. The first-order valence-corrected chi connectivity index (χ1v) is 12.9. The third-order valence-electron chi connectivity index (χ3n) is 5.47. The van der Waals surface area contributed by atoms with E-state index in [0.717, 1.165) is 58.7 Å². The number of hydrogen-bond acceptors (Lipinski definition) is 6. The van der Waals surface area contributed by atoms with Crippen LogP contribution in [0, 0.1) is 0 Å². The van der Waals surface area contributed by atoms with Crippen LogP contribution in [0.4, 0.5) is 0 Å². The van der Waals surface area contributed by atoms with Crippen molar-refractivity contribution in [2.45, 2.75) is 19.3 Å². The molecule has 0 aromatic heterocycles. The molecular formula is C34H36O6.